The standard InChI is InChI=1S/C10H19NO4/c12-6-2-1-5-11-7-8-3-4-9(15-8)10(13)14/h8-9,11-12H,1-7H2,(H,13,14). The van der Waals surface area contributed by atoms with Crippen molar-refractivity contribution in [2.24, 2.45) is 0 Å². The van der Waals surface area contributed by atoms with E-state index in [0.717, 1.165) is 25.8 Å². The van der Waals surface area contributed by atoms with Crippen LogP contribution < -0.4 is 5.32 Å². The van der Waals surface area contributed by atoms with Gasteiger partial charge in [0.05, 0.1) is 6.10 Å². The van der Waals surface area contributed by atoms with Gasteiger partial charge in [0.2, 0.25) is 0 Å². The molecule has 5 nitrogen and oxygen atoms in total. The van der Waals surface area contributed by atoms with Crippen LogP contribution in [0.25, 0.3) is 0 Å². The van der Waals surface area contributed by atoms with Crippen molar-refractivity contribution >= 4 is 5.97 Å². The van der Waals surface area contributed by atoms with Gasteiger partial charge in [-0.05, 0) is 32.2 Å². The van der Waals surface area contributed by atoms with Crippen LogP contribution in [0.5, 0.6) is 0 Å². The first-order chi connectivity index (χ1) is 7.24. The lowest BCUT2D eigenvalue weighted by Gasteiger charge is -2.11. The predicted octanol–water partition coefficient (Wildman–Crippen LogP) is -0.0193. The lowest BCUT2D eigenvalue weighted by molar-refractivity contribution is -0.149. The average molecular weight is 217 g/mol. The second-order valence-electron chi connectivity index (χ2n) is 3.80. The SMILES string of the molecule is O=C(O)C1CCC(CNCCCCO)O1. The summed E-state index contributed by atoms with van der Waals surface area (Å²) in [6, 6.07) is 0. The van der Waals surface area contributed by atoms with Gasteiger partial charge in [-0.25, -0.2) is 4.79 Å². The van der Waals surface area contributed by atoms with Crippen molar-refractivity contribution < 1.29 is 19.7 Å². The molecule has 0 aliphatic carbocycles. The quantitative estimate of drug-likeness (QED) is 0.522. The Kier molecular flexibility index (Phi) is 5.60. The molecule has 5 heteroatoms. The Bertz CT molecular complexity index is 198. The topological polar surface area (TPSA) is 78.8 Å². The van der Waals surface area contributed by atoms with Crippen LogP contribution in [0.15, 0.2) is 0 Å². The summed E-state index contributed by atoms with van der Waals surface area (Å²) in [5.41, 5.74) is 0. The van der Waals surface area contributed by atoms with Crippen molar-refractivity contribution in [2.45, 2.75) is 37.9 Å². The molecule has 0 saturated carbocycles. The molecule has 1 rings (SSSR count). The first-order valence-electron chi connectivity index (χ1n) is 5.44. The molecule has 2 atom stereocenters. The highest BCUT2D eigenvalue weighted by atomic mass is 16.5. The molecule has 15 heavy (non-hydrogen) atoms. The zero-order valence-corrected chi connectivity index (χ0v) is 8.82. The molecule has 1 aliphatic heterocycles. The van der Waals surface area contributed by atoms with E-state index >= 15 is 0 Å². The molecule has 1 fully saturated rings. The average Bonchev–Trinajstić information content (AvgIpc) is 2.66. The first-order valence-corrected chi connectivity index (χ1v) is 5.44. The van der Waals surface area contributed by atoms with E-state index in [4.69, 9.17) is 14.9 Å². The number of carboxylic acids is 1. The van der Waals surface area contributed by atoms with Crippen LogP contribution in [-0.2, 0) is 9.53 Å². The number of carboxylic acid groups (broad SMARTS) is 1. The van der Waals surface area contributed by atoms with Crippen LogP contribution in [0.3, 0.4) is 0 Å². The van der Waals surface area contributed by atoms with Gasteiger partial charge in [0, 0.05) is 13.2 Å². The van der Waals surface area contributed by atoms with E-state index in [-0.39, 0.29) is 12.7 Å². The Balaban J connectivity index is 2.01. The zero-order valence-electron chi connectivity index (χ0n) is 8.82. The Labute approximate surface area is 89.4 Å². The lowest BCUT2D eigenvalue weighted by atomic mass is 10.2. The summed E-state index contributed by atoms with van der Waals surface area (Å²) in [4.78, 5) is 10.6. The van der Waals surface area contributed by atoms with Crippen LogP contribution in [-0.4, -0.2) is 48.1 Å². The maximum Gasteiger partial charge on any atom is 0.332 e. The minimum Gasteiger partial charge on any atom is -0.479 e. The fourth-order valence-corrected chi connectivity index (χ4v) is 1.66. The van der Waals surface area contributed by atoms with Crippen molar-refractivity contribution in [2.75, 3.05) is 19.7 Å². The summed E-state index contributed by atoms with van der Waals surface area (Å²) in [7, 11) is 0. The van der Waals surface area contributed by atoms with Gasteiger partial charge in [-0.3, -0.25) is 0 Å². The van der Waals surface area contributed by atoms with Crippen molar-refractivity contribution in [1.82, 2.24) is 5.32 Å². The number of hydrogen-bond donors (Lipinski definition) is 3. The van der Waals surface area contributed by atoms with Crippen molar-refractivity contribution in [3.05, 3.63) is 0 Å². The van der Waals surface area contributed by atoms with E-state index in [1.54, 1.807) is 0 Å². The highest BCUT2D eigenvalue weighted by Gasteiger charge is 2.29. The molecule has 0 amide bonds. The second kappa shape index (κ2) is 6.76. The monoisotopic (exact) mass is 217 g/mol. The van der Waals surface area contributed by atoms with E-state index < -0.39 is 12.1 Å². The minimum atomic E-state index is -0.863. The number of aliphatic hydroxyl groups is 1. The number of nitrogens with one attached hydrogen (secondary N) is 1. The van der Waals surface area contributed by atoms with Crippen LogP contribution in [0, 0.1) is 0 Å². The fourth-order valence-electron chi connectivity index (χ4n) is 1.66. The summed E-state index contributed by atoms with van der Waals surface area (Å²) < 4.78 is 5.32. The molecular weight excluding hydrogens is 198 g/mol. The molecule has 88 valence electrons. The number of aliphatic hydroxyl groups excluding tert-OH is 1. The number of carbonyl (C=O) groups is 1. The molecular formula is C10H19NO4. The molecule has 1 heterocycles. The number of aliphatic carboxylic acids is 1. The van der Waals surface area contributed by atoms with Gasteiger partial charge in [-0.1, -0.05) is 0 Å². The maximum atomic E-state index is 10.6. The van der Waals surface area contributed by atoms with E-state index in [2.05, 4.69) is 5.32 Å². The first kappa shape index (κ1) is 12.4. The number of unbranched alkanes of at least 4 members (excludes halogenated alkanes) is 1. The van der Waals surface area contributed by atoms with E-state index in [1.165, 1.54) is 0 Å². The molecule has 3 N–H and O–H groups in total. The predicted molar refractivity (Wildman–Crippen MR) is 54.7 cm³/mol. The molecule has 1 aliphatic rings. The van der Waals surface area contributed by atoms with Gasteiger partial charge >= 0.3 is 5.97 Å². The fraction of sp³-hybridized carbons (Fsp3) is 0.900. The maximum absolute atomic E-state index is 10.6. The highest BCUT2D eigenvalue weighted by molar-refractivity contribution is 5.72. The van der Waals surface area contributed by atoms with E-state index in [0.29, 0.717) is 13.0 Å². The molecule has 0 bridgehead atoms. The Morgan fingerprint density at radius 2 is 2.20 bits per heavy atom. The van der Waals surface area contributed by atoms with E-state index in [1.807, 2.05) is 0 Å². The smallest absolute Gasteiger partial charge is 0.332 e. The third-order valence-corrected chi connectivity index (χ3v) is 2.52. The molecule has 0 aromatic carbocycles. The van der Waals surface area contributed by atoms with Crippen LogP contribution in [0.2, 0.25) is 0 Å². The summed E-state index contributed by atoms with van der Waals surface area (Å²) in [5.74, 6) is -0.863. The molecule has 1 saturated heterocycles. The highest BCUT2D eigenvalue weighted by Crippen LogP contribution is 2.19. The van der Waals surface area contributed by atoms with Gasteiger partial charge in [0.15, 0.2) is 6.10 Å². The van der Waals surface area contributed by atoms with Gasteiger partial charge in [-0.2, -0.15) is 0 Å². The summed E-state index contributed by atoms with van der Waals surface area (Å²) in [5, 5.41) is 20.4. The van der Waals surface area contributed by atoms with Crippen molar-refractivity contribution in [3.8, 4) is 0 Å². The molecule has 0 aromatic rings. The van der Waals surface area contributed by atoms with Gasteiger partial charge in [-0.15, -0.1) is 0 Å². The van der Waals surface area contributed by atoms with Crippen molar-refractivity contribution in [1.29, 1.82) is 0 Å². The molecule has 0 radical (unpaired) electrons. The van der Waals surface area contributed by atoms with E-state index in [9.17, 15) is 4.79 Å². The van der Waals surface area contributed by atoms with Crippen molar-refractivity contribution in [3.63, 3.8) is 0 Å². The largest absolute Gasteiger partial charge is 0.479 e. The Morgan fingerprint density at radius 1 is 1.40 bits per heavy atom. The Hall–Kier alpha value is -0.650. The number of hydrogen-bond acceptors (Lipinski definition) is 4. The molecule has 2 unspecified atom stereocenters. The normalized spacial score (nSPS) is 25.7. The zero-order chi connectivity index (χ0) is 11.1. The number of rotatable bonds is 7. The molecule has 0 aromatic heterocycles. The summed E-state index contributed by atoms with van der Waals surface area (Å²) >= 11 is 0. The summed E-state index contributed by atoms with van der Waals surface area (Å²) in [6.07, 6.45) is 2.57. The minimum absolute atomic E-state index is 0.0280. The lowest BCUT2D eigenvalue weighted by Crippen LogP contribution is -2.29. The van der Waals surface area contributed by atoms with Crippen LogP contribution >= 0.6 is 0 Å². The Morgan fingerprint density at radius 3 is 2.80 bits per heavy atom. The van der Waals surface area contributed by atoms with Crippen LogP contribution in [0.4, 0.5) is 0 Å². The van der Waals surface area contributed by atoms with Gasteiger partial charge in [0.25, 0.3) is 0 Å². The summed E-state index contributed by atoms with van der Waals surface area (Å²) in [6.45, 7) is 1.77. The number of ether oxygens (including phenoxy) is 1. The van der Waals surface area contributed by atoms with Gasteiger partial charge in [0.1, 0.15) is 0 Å². The van der Waals surface area contributed by atoms with Crippen LogP contribution in [0.1, 0.15) is 25.7 Å². The van der Waals surface area contributed by atoms with Gasteiger partial charge < -0.3 is 20.3 Å². The molecule has 0 spiro atoms. The third kappa shape index (κ3) is 4.59. The third-order valence-electron chi connectivity index (χ3n) is 2.52. The second-order valence-corrected chi connectivity index (χ2v) is 3.80.